The van der Waals surface area contributed by atoms with Crippen LogP contribution in [0.2, 0.25) is 0 Å². The molecule has 1 rings (SSSR count). The molecular weight excluding hydrogens is 298 g/mol. The number of carbonyl (C=O) groups excluding carboxylic acids is 3. The quantitative estimate of drug-likeness (QED) is 0.237. The number of hydrogen-bond acceptors (Lipinski definition) is 4. The molecule has 1 aromatic carbocycles. The van der Waals surface area contributed by atoms with Gasteiger partial charge in [-0.1, -0.05) is 23.7 Å². The molecule has 0 fully saturated rings. The van der Waals surface area contributed by atoms with Gasteiger partial charge in [-0.25, -0.2) is 0 Å². The Hall–Kier alpha value is -2.86. The number of aldehydes is 1. The summed E-state index contributed by atoms with van der Waals surface area (Å²) in [5.41, 5.74) is 9.05. The minimum Gasteiger partial charge on any atom is -0.357 e. The molecule has 0 spiro atoms. The van der Waals surface area contributed by atoms with E-state index in [1.54, 1.807) is 0 Å². The highest BCUT2D eigenvalue weighted by molar-refractivity contribution is 5.97. The predicted molar refractivity (Wildman–Crippen MR) is 85.0 cm³/mol. The van der Waals surface area contributed by atoms with Crippen LogP contribution in [0.15, 0.2) is 29.4 Å². The second-order valence-corrected chi connectivity index (χ2v) is 4.83. The zero-order chi connectivity index (χ0) is 17.1. The molecule has 8 nitrogen and oxygen atoms in total. The minimum atomic E-state index is -0.663. The molecule has 8 heteroatoms. The molecule has 0 aromatic heterocycles. The largest absolute Gasteiger partial charge is 0.357 e. The summed E-state index contributed by atoms with van der Waals surface area (Å²) in [5, 5.41) is 8.60. The Balaban J connectivity index is 2.63. The van der Waals surface area contributed by atoms with E-state index >= 15 is 0 Å². The van der Waals surface area contributed by atoms with E-state index < -0.39 is 6.04 Å². The highest BCUT2D eigenvalue weighted by atomic mass is 16.2. The van der Waals surface area contributed by atoms with Crippen LogP contribution in [-0.4, -0.2) is 37.7 Å². The second-order valence-electron chi connectivity index (χ2n) is 4.83. The van der Waals surface area contributed by atoms with E-state index in [1.807, 2.05) is 0 Å². The number of unbranched alkanes of at least 4 members (excludes halogenated alkanes) is 1. The fourth-order valence-corrected chi connectivity index (χ4v) is 1.97. The number of amides is 2. The Bertz CT molecular complexity index is 594. The number of likely N-dealkylation sites (N-methyl/N-ethyl adjacent to an activating group) is 1. The van der Waals surface area contributed by atoms with E-state index in [0.717, 1.165) is 0 Å². The van der Waals surface area contributed by atoms with Gasteiger partial charge < -0.3 is 10.6 Å². The smallest absolute Gasteiger partial charge is 0.251 e. The number of hydrogen-bond donors (Lipinski definition) is 2. The van der Waals surface area contributed by atoms with Gasteiger partial charge in [-0.15, -0.1) is 0 Å². The van der Waals surface area contributed by atoms with Gasteiger partial charge in [0.1, 0.15) is 12.3 Å². The first-order valence-corrected chi connectivity index (χ1v) is 7.21. The van der Waals surface area contributed by atoms with E-state index in [0.29, 0.717) is 43.2 Å². The van der Waals surface area contributed by atoms with Crippen LogP contribution in [-0.2, 0) is 4.79 Å². The van der Waals surface area contributed by atoms with Crippen molar-refractivity contribution in [2.75, 3.05) is 13.6 Å². The summed E-state index contributed by atoms with van der Waals surface area (Å²) in [7, 11) is 1.50. The fourth-order valence-electron chi connectivity index (χ4n) is 1.97. The SMILES string of the molecule is CNC(=O)[C@H](CCCCN=[N+]=[N-])NC(=O)c1ccc(C=O)cc1. The van der Waals surface area contributed by atoms with Crippen molar-refractivity contribution in [3.05, 3.63) is 45.8 Å². The Morgan fingerprint density at radius 2 is 2.00 bits per heavy atom. The van der Waals surface area contributed by atoms with Gasteiger partial charge in [-0.05, 0) is 30.5 Å². The number of rotatable bonds is 9. The molecule has 1 aromatic rings. The molecule has 2 N–H and O–H groups in total. The van der Waals surface area contributed by atoms with Gasteiger partial charge in [0.05, 0.1) is 0 Å². The molecule has 0 aliphatic rings. The minimum absolute atomic E-state index is 0.286. The van der Waals surface area contributed by atoms with Gasteiger partial charge in [0.25, 0.3) is 5.91 Å². The molecule has 0 saturated carbocycles. The van der Waals surface area contributed by atoms with E-state index in [2.05, 4.69) is 20.7 Å². The van der Waals surface area contributed by atoms with Gasteiger partial charge in [0.2, 0.25) is 5.91 Å². The highest BCUT2D eigenvalue weighted by Gasteiger charge is 2.19. The summed E-state index contributed by atoms with van der Waals surface area (Å²) in [5.74, 6) is -0.669. The number of benzene rings is 1. The maximum absolute atomic E-state index is 12.2. The van der Waals surface area contributed by atoms with Crippen LogP contribution < -0.4 is 10.6 Å². The van der Waals surface area contributed by atoms with Gasteiger partial charge in [-0.3, -0.25) is 14.4 Å². The third-order valence-electron chi connectivity index (χ3n) is 3.24. The van der Waals surface area contributed by atoms with Crippen LogP contribution >= 0.6 is 0 Å². The number of azide groups is 1. The lowest BCUT2D eigenvalue weighted by Crippen LogP contribution is -2.45. The first kappa shape index (κ1) is 18.2. The Kier molecular flexibility index (Phi) is 7.88. The summed E-state index contributed by atoms with van der Waals surface area (Å²) >= 11 is 0. The van der Waals surface area contributed by atoms with Gasteiger partial charge in [-0.2, -0.15) is 0 Å². The zero-order valence-electron chi connectivity index (χ0n) is 12.9. The summed E-state index contributed by atoms with van der Waals surface area (Å²) in [6.45, 7) is 0.359. The van der Waals surface area contributed by atoms with Crippen molar-refractivity contribution in [3.63, 3.8) is 0 Å². The van der Waals surface area contributed by atoms with Gasteiger partial charge in [0.15, 0.2) is 0 Å². The van der Waals surface area contributed by atoms with Crippen molar-refractivity contribution in [2.24, 2.45) is 5.11 Å². The monoisotopic (exact) mass is 317 g/mol. The average molecular weight is 317 g/mol. The molecular formula is C15H19N5O3. The van der Waals surface area contributed by atoms with Crippen molar-refractivity contribution < 1.29 is 14.4 Å². The molecule has 0 saturated heterocycles. The van der Waals surface area contributed by atoms with Crippen molar-refractivity contribution in [1.29, 1.82) is 0 Å². The number of nitrogens with zero attached hydrogens (tertiary/aromatic N) is 3. The summed E-state index contributed by atoms with van der Waals surface area (Å²) in [6, 6.07) is 5.47. The molecule has 122 valence electrons. The van der Waals surface area contributed by atoms with Crippen LogP contribution in [0.25, 0.3) is 10.4 Å². The maximum Gasteiger partial charge on any atom is 0.251 e. The first-order valence-electron chi connectivity index (χ1n) is 7.21. The fraction of sp³-hybridized carbons (Fsp3) is 0.400. The third-order valence-corrected chi connectivity index (χ3v) is 3.24. The second kappa shape index (κ2) is 9.97. The molecule has 2 amide bonds. The molecule has 0 bridgehead atoms. The molecule has 0 aliphatic heterocycles. The first-order chi connectivity index (χ1) is 11.1. The Labute approximate surface area is 133 Å². The Morgan fingerprint density at radius 1 is 1.30 bits per heavy atom. The summed E-state index contributed by atoms with van der Waals surface area (Å²) in [6.07, 6.45) is 2.42. The van der Waals surface area contributed by atoms with Gasteiger partial charge in [0, 0.05) is 29.6 Å². The standard InChI is InChI=1S/C15H19N5O3/c1-17-15(23)13(4-2-3-9-18-20-16)19-14(22)12-7-5-11(10-21)6-8-12/h5-8,10,13H,2-4,9H2,1H3,(H,17,23)(H,19,22)/t13-/m0/s1. The molecule has 23 heavy (non-hydrogen) atoms. The number of carbonyl (C=O) groups is 3. The zero-order valence-corrected chi connectivity index (χ0v) is 12.9. The van der Waals surface area contributed by atoms with E-state index in [1.165, 1.54) is 31.3 Å². The van der Waals surface area contributed by atoms with Crippen molar-refractivity contribution in [3.8, 4) is 0 Å². The topological polar surface area (TPSA) is 124 Å². The van der Waals surface area contributed by atoms with E-state index in [9.17, 15) is 14.4 Å². The Morgan fingerprint density at radius 3 is 2.57 bits per heavy atom. The van der Waals surface area contributed by atoms with Crippen LogP contribution in [0.1, 0.15) is 40.0 Å². The van der Waals surface area contributed by atoms with Crippen LogP contribution in [0, 0.1) is 0 Å². The molecule has 0 aliphatic carbocycles. The molecule has 0 unspecified atom stereocenters. The van der Waals surface area contributed by atoms with Crippen LogP contribution in [0.3, 0.4) is 0 Å². The molecule has 0 radical (unpaired) electrons. The van der Waals surface area contributed by atoms with E-state index in [-0.39, 0.29) is 11.8 Å². The average Bonchev–Trinajstić information content (AvgIpc) is 2.59. The van der Waals surface area contributed by atoms with Crippen molar-refractivity contribution in [1.82, 2.24) is 10.6 Å². The van der Waals surface area contributed by atoms with Crippen LogP contribution in [0.5, 0.6) is 0 Å². The summed E-state index contributed by atoms with van der Waals surface area (Å²) < 4.78 is 0. The van der Waals surface area contributed by atoms with Crippen LogP contribution in [0.4, 0.5) is 0 Å². The number of nitrogens with one attached hydrogen (secondary N) is 2. The lowest BCUT2D eigenvalue weighted by atomic mass is 10.1. The van der Waals surface area contributed by atoms with Gasteiger partial charge >= 0.3 is 0 Å². The third kappa shape index (κ3) is 6.19. The normalized spacial score (nSPS) is 11.0. The summed E-state index contributed by atoms with van der Waals surface area (Å²) in [4.78, 5) is 37.3. The maximum atomic E-state index is 12.2. The van der Waals surface area contributed by atoms with Crippen molar-refractivity contribution >= 4 is 18.1 Å². The highest BCUT2D eigenvalue weighted by Crippen LogP contribution is 2.06. The predicted octanol–water partition coefficient (Wildman–Crippen LogP) is 1.82. The molecule has 0 heterocycles. The lowest BCUT2D eigenvalue weighted by Gasteiger charge is -2.17. The van der Waals surface area contributed by atoms with Crippen molar-refractivity contribution in [2.45, 2.75) is 25.3 Å². The lowest BCUT2D eigenvalue weighted by molar-refractivity contribution is -0.122. The van der Waals surface area contributed by atoms with E-state index in [4.69, 9.17) is 5.53 Å². The molecule has 1 atom stereocenters.